The van der Waals surface area contributed by atoms with E-state index in [1.54, 1.807) is 26.0 Å². The molecule has 0 aliphatic heterocycles. The van der Waals surface area contributed by atoms with Crippen molar-refractivity contribution in [2.45, 2.75) is 18.7 Å². The molecule has 1 N–H and O–H groups in total. The van der Waals surface area contributed by atoms with Crippen LogP contribution in [0.15, 0.2) is 35.2 Å². The van der Waals surface area contributed by atoms with Crippen molar-refractivity contribution in [2.24, 2.45) is 0 Å². The number of carbonyl (C=O) groups is 2. The first-order valence-corrected chi connectivity index (χ1v) is 8.25. The molecule has 1 amide bonds. The van der Waals surface area contributed by atoms with Crippen LogP contribution in [0.25, 0.3) is 0 Å². The van der Waals surface area contributed by atoms with E-state index >= 15 is 0 Å². The second kappa shape index (κ2) is 7.89. The van der Waals surface area contributed by atoms with Gasteiger partial charge < -0.3 is 10.1 Å². The molecular formula is C15H20N2O5S. The number of ether oxygens (including phenoxy) is 1. The summed E-state index contributed by atoms with van der Waals surface area (Å²) in [6, 6.07) is 4.55. The van der Waals surface area contributed by atoms with Gasteiger partial charge in [0.05, 0.1) is 4.90 Å². The first-order valence-electron chi connectivity index (χ1n) is 6.81. The van der Waals surface area contributed by atoms with Crippen LogP contribution in [0.3, 0.4) is 0 Å². The van der Waals surface area contributed by atoms with Crippen molar-refractivity contribution >= 4 is 27.6 Å². The fourth-order valence-corrected chi connectivity index (χ4v) is 2.81. The number of nitrogens with zero attached hydrogens (tertiary/aromatic N) is 1. The van der Waals surface area contributed by atoms with Crippen LogP contribution in [0.4, 0.5) is 5.69 Å². The van der Waals surface area contributed by atoms with E-state index in [0.29, 0.717) is 11.3 Å². The minimum Gasteiger partial charge on any atom is -0.452 e. The molecule has 7 nitrogen and oxygen atoms in total. The van der Waals surface area contributed by atoms with Crippen molar-refractivity contribution in [3.05, 3.63) is 35.9 Å². The number of allylic oxidation sites excluding steroid dienone is 1. The van der Waals surface area contributed by atoms with E-state index in [0.717, 1.165) is 4.31 Å². The Balaban J connectivity index is 2.87. The largest absolute Gasteiger partial charge is 0.452 e. The van der Waals surface area contributed by atoms with Crippen LogP contribution in [0, 0.1) is 6.92 Å². The zero-order chi connectivity index (χ0) is 17.6. The molecule has 0 atom stereocenters. The maximum Gasteiger partial charge on any atom is 0.330 e. The van der Waals surface area contributed by atoms with Crippen molar-refractivity contribution in [2.75, 3.05) is 26.0 Å². The zero-order valence-corrected chi connectivity index (χ0v) is 14.3. The van der Waals surface area contributed by atoms with Crippen LogP contribution in [0.1, 0.15) is 12.5 Å². The maximum atomic E-state index is 12.2. The van der Waals surface area contributed by atoms with Gasteiger partial charge in [-0.1, -0.05) is 12.1 Å². The number of hydrogen-bond donors (Lipinski definition) is 1. The minimum absolute atomic E-state index is 0.103. The molecule has 0 aliphatic carbocycles. The Morgan fingerprint density at radius 1 is 1.30 bits per heavy atom. The molecule has 0 bridgehead atoms. The third-order valence-electron chi connectivity index (χ3n) is 2.88. The molecule has 8 heteroatoms. The molecule has 0 fully saturated rings. The highest BCUT2D eigenvalue weighted by atomic mass is 32.2. The zero-order valence-electron chi connectivity index (χ0n) is 13.5. The van der Waals surface area contributed by atoms with Gasteiger partial charge in [0, 0.05) is 25.9 Å². The number of anilines is 1. The van der Waals surface area contributed by atoms with Crippen LogP contribution in [0.2, 0.25) is 0 Å². The molecule has 1 aromatic rings. The Labute approximate surface area is 136 Å². The lowest BCUT2D eigenvalue weighted by molar-refractivity contribution is -0.142. The molecule has 126 valence electrons. The van der Waals surface area contributed by atoms with E-state index in [4.69, 9.17) is 4.74 Å². The molecule has 0 radical (unpaired) electrons. The van der Waals surface area contributed by atoms with E-state index in [9.17, 15) is 18.0 Å². The van der Waals surface area contributed by atoms with Crippen molar-refractivity contribution in [3.8, 4) is 0 Å². The lowest BCUT2D eigenvalue weighted by Gasteiger charge is -2.15. The van der Waals surface area contributed by atoms with E-state index in [-0.39, 0.29) is 4.90 Å². The van der Waals surface area contributed by atoms with Crippen LogP contribution in [-0.2, 0) is 24.3 Å². The number of aryl methyl sites for hydroxylation is 1. The van der Waals surface area contributed by atoms with Crippen molar-refractivity contribution in [1.29, 1.82) is 0 Å². The summed E-state index contributed by atoms with van der Waals surface area (Å²) < 4.78 is 30.2. The van der Waals surface area contributed by atoms with E-state index in [1.165, 1.54) is 32.3 Å². The minimum atomic E-state index is -3.61. The van der Waals surface area contributed by atoms with E-state index in [1.807, 2.05) is 0 Å². The first-order chi connectivity index (χ1) is 10.7. The molecule has 0 saturated carbocycles. The van der Waals surface area contributed by atoms with Crippen LogP contribution < -0.4 is 5.32 Å². The summed E-state index contributed by atoms with van der Waals surface area (Å²) in [4.78, 5) is 23.0. The van der Waals surface area contributed by atoms with Gasteiger partial charge in [-0.15, -0.1) is 0 Å². The average Bonchev–Trinajstić information content (AvgIpc) is 2.47. The van der Waals surface area contributed by atoms with Gasteiger partial charge in [0.25, 0.3) is 5.91 Å². The number of carbonyl (C=O) groups excluding carboxylic acids is 2. The first kappa shape index (κ1) is 18.9. The van der Waals surface area contributed by atoms with Gasteiger partial charge in [-0.2, -0.15) is 0 Å². The van der Waals surface area contributed by atoms with Crippen LogP contribution in [-0.4, -0.2) is 45.3 Å². The summed E-state index contributed by atoms with van der Waals surface area (Å²) in [7, 11) is -0.749. The molecule has 1 aromatic carbocycles. The number of esters is 1. The standard InChI is InChI=1S/C15H20N2O5S/c1-5-6-15(19)22-10-14(18)16-12-8-7-11(2)13(9-12)23(20,21)17(3)4/h5-9H,10H2,1-4H3,(H,16,18)/b6-5+. The Hall–Kier alpha value is -2.19. The quantitative estimate of drug-likeness (QED) is 0.622. The highest BCUT2D eigenvalue weighted by Gasteiger charge is 2.20. The fraction of sp³-hybridized carbons (Fsp3) is 0.333. The van der Waals surface area contributed by atoms with Crippen LogP contribution >= 0.6 is 0 Å². The SMILES string of the molecule is C/C=C/C(=O)OCC(=O)Nc1ccc(C)c(S(=O)(=O)N(C)C)c1. The topological polar surface area (TPSA) is 92.8 Å². The predicted molar refractivity (Wildman–Crippen MR) is 86.5 cm³/mol. The summed E-state index contributed by atoms with van der Waals surface area (Å²) in [6.07, 6.45) is 2.69. The number of rotatable bonds is 6. The average molecular weight is 340 g/mol. The molecule has 1 rings (SSSR count). The molecular weight excluding hydrogens is 320 g/mol. The molecule has 23 heavy (non-hydrogen) atoms. The van der Waals surface area contributed by atoms with Gasteiger partial charge in [-0.3, -0.25) is 4.79 Å². The molecule has 0 aliphatic rings. The Morgan fingerprint density at radius 2 is 1.96 bits per heavy atom. The summed E-state index contributed by atoms with van der Waals surface area (Å²) >= 11 is 0. The number of amides is 1. The van der Waals surface area contributed by atoms with Crippen molar-refractivity contribution in [3.63, 3.8) is 0 Å². The Kier molecular flexibility index (Phi) is 6.47. The van der Waals surface area contributed by atoms with Crippen molar-refractivity contribution < 1.29 is 22.7 Å². The lowest BCUT2D eigenvalue weighted by atomic mass is 10.2. The molecule has 0 unspecified atom stereocenters. The third-order valence-corrected chi connectivity index (χ3v) is 4.84. The highest BCUT2D eigenvalue weighted by Crippen LogP contribution is 2.22. The smallest absolute Gasteiger partial charge is 0.330 e. The molecule has 0 saturated heterocycles. The summed E-state index contributed by atoms with van der Waals surface area (Å²) in [6.45, 7) is 2.87. The highest BCUT2D eigenvalue weighted by molar-refractivity contribution is 7.89. The summed E-state index contributed by atoms with van der Waals surface area (Å²) in [5.74, 6) is -1.18. The number of sulfonamides is 1. The molecule has 0 spiro atoms. The fourth-order valence-electron chi connectivity index (χ4n) is 1.67. The number of hydrogen-bond acceptors (Lipinski definition) is 5. The molecule has 0 heterocycles. The van der Waals surface area contributed by atoms with E-state index in [2.05, 4.69) is 5.32 Å². The van der Waals surface area contributed by atoms with Gasteiger partial charge in [0.1, 0.15) is 0 Å². The number of benzene rings is 1. The Morgan fingerprint density at radius 3 is 2.52 bits per heavy atom. The van der Waals surface area contributed by atoms with Gasteiger partial charge >= 0.3 is 5.97 Å². The van der Waals surface area contributed by atoms with Gasteiger partial charge in [0.2, 0.25) is 10.0 Å². The normalized spacial score (nSPS) is 11.7. The van der Waals surface area contributed by atoms with E-state index < -0.39 is 28.5 Å². The van der Waals surface area contributed by atoms with Gasteiger partial charge in [-0.05, 0) is 31.5 Å². The van der Waals surface area contributed by atoms with Crippen LogP contribution in [0.5, 0.6) is 0 Å². The lowest BCUT2D eigenvalue weighted by Crippen LogP contribution is -2.24. The van der Waals surface area contributed by atoms with Crippen molar-refractivity contribution in [1.82, 2.24) is 4.31 Å². The molecule has 0 aromatic heterocycles. The maximum absolute atomic E-state index is 12.2. The second-order valence-electron chi connectivity index (χ2n) is 4.92. The monoisotopic (exact) mass is 340 g/mol. The predicted octanol–water partition coefficient (Wildman–Crippen LogP) is 1.30. The second-order valence-corrected chi connectivity index (χ2v) is 7.04. The third kappa shape index (κ3) is 5.19. The van der Waals surface area contributed by atoms with Gasteiger partial charge in [0.15, 0.2) is 6.61 Å². The van der Waals surface area contributed by atoms with Gasteiger partial charge in [-0.25, -0.2) is 17.5 Å². The number of nitrogens with one attached hydrogen (secondary N) is 1. The summed E-state index contributed by atoms with van der Waals surface area (Å²) in [5.41, 5.74) is 0.874. The Bertz CT molecular complexity index is 723. The summed E-state index contributed by atoms with van der Waals surface area (Å²) in [5, 5.41) is 2.49.